The number of aliphatic hydroxyl groups excluding tert-OH is 1. The van der Waals surface area contributed by atoms with Gasteiger partial charge in [0.05, 0.1) is 18.2 Å². The number of hydrogen-bond donors (Lipinski definition) is 1. The van der Waals surface area contributed by atoms with Crippen molar-refractivity contribution in [3.05, 3.63) is 60.2 Å². The highest BCUT2D eigenvalue weighted by atomic mass is 16.6. The minimum Gasteiger partial charge on any atom is -0.444 e. The van der Waals surface area contributed by atoms with Crippen LogP contribution in [-0.2, 0) is 4.74 Å². The van der Waals surface area contributed by atoms with Gasteiger partial charge >= 0.3 is 6.09 Å². The minimum atomic E-state index is -1.52. The predicted octanol–water partition coefficient (Wildman–Crippen LogP) is 4.86. The van der Waals surface area contributed by atoms with E-state index >= 15 is 0 Å². The zero-order valence-corrected chi connectivity index (χ0v) is 19.3. The fraction of sp³-hybridized carbons (Fsp3) is 0.444. The van der Waals surface area contributed by atoms with E-state index in [-0.39, 0.29) is 11.5 Å². The van der Waals surface area contributed by atoms with Gasteiger partial charge in [0.25, 0.3) is 0 Å². The molecule has 6 heteroatoms. The summed E-state index contributed by atoms with van der Waals surface area (Å²) in [5.74, 6) is -0.457. The second-order valence-corrected chi connectivity index (χ2v) is 10.4. The molecule has 2 aromatic rings. The number of carbonyl (C=O) groups is 1. The van der Waals surface area contributed by atoms with Gasteiger partial charge in [0.15, 0.2) is 5.41 Å². The van der Waals surface area contributed by atoms with E-state index in [0.717, 1.165) is 16.7 Å². The van der Waals surface area contributed by atoms with Crippen LogP contribution in [0.4, 0.5) is 4.79 Å². The molecule has 0 aromatic heterocycles. The van der Waals surface area contributed by atoms with Gasteiger partial charge in [-0.2, -0.15) is 10.5 Å². The van der Waals surface area contributed by atoms with Crippen LogP contribution in [0.2, 0.25) is 0 Å². The molecule has 2 aliphatic rings. The van der Waals surface area contributed by atoms with Crippen molar-refractivity contribution in [1.29, 1.82) is 10.5 Å². The summed E-state index contributed by atoms with van der Waals surface area (Å²) >= 11 is 0. The van der Waals surface area contributed by atoms with E-state index in [0.29, 0.717) is 25.9 Å². The molecule has 6 nitrogen and oxygen atoms in total. The maximum Gasteiger partial charge on any atom is 0.410 e. The van der Waals surface area contributed by atoms with Crippen LogP contribution in [0, 0.1) is 33.5 Å². The largest absolute Gasteiger partial charge is 0.444 e. The van der Waals surface area contributed by atoms with Gasteiger partial charge in [0.2, 0.25) is 0 Å². The van der Waals surface area contributed by atoms with Crippen LogP contribution in [0.5, 0.6) is 0 Å². The molecule has 2 atom stereocenters. The first-order valence-electron chi connectivity index (χ1n) is 11.3. The second-order valence-electron chi connectivity index (χ2n) is 10.4. The van der Waals surface area contributed by atoms with Crippen LogP contribution < -0.4 is 0 Å². The SMILES string of the molecule is CC(C)(C)OC(=O)N1CC2(CC(O)C(C#N)(C#N)C(c3ccc(-c4ccccc4)cc3)C2)C1. The van der Waals surface area contributed by atoms with Gasteiger partial charge in [-0.3, -0.25) is 0 Å². The molecule has 33 heavy (non-hydrogen) atoms. The monoisotopic (exact) mass is 443 g/mol. The lowest BCUT2D eigenvalue weighted by molar-refractivity contribution is -0.101. The van der Waals surface area contributed by atoms with Crippen molar-refractivity contribution < 1.29 is 14.6 Å². The average Bonchev–Trinajstić information content (AvgIpc) is 2.76. The summed E-state index contributed by atoms with van der Waals surface area (Å²) in [5, 5.41) is 31.0. The Hall–Kier alpha value is -3.35. The zero-order chi connectivity index (χ0) is 23.9. The van der Waals surface area contributed by atoms with Crippen molar-refractivity contribution in [1.82, 2.24) is 4.90 Å². The highest BCUT2D eigenvalue weighted by Crippen LogP contribution is 2.56. The molecule has 0 bridgehead atoms. The maximum absolute atomic E-state index is 12.4. The number of amides is 1. The molecule has 2 aromatic carbocycles. The van der Waals surface area contributed by atoms with Crippen LogP contribution in [0.3, 0.4) is 0 Å². The van der Waals surface area contributed by atoms with Crippen molar-refractivity contribution in [2.45, 2.75) is 51.2 Å². The molecule has 1 N–H and O–H groups in total. The third-order valence-corrected chi connectivity index (χ3v) is 6.83. The number of aliphatic hydroxyl groups is 1. The first-order chi connectivity index (χ1) is 15.6. The third kappa shape index (κ3) is 4.19. The zero-order valence-electron chi connectivity index (χ0n) is 19.3. The number of nitriles is 2. The summed E-state index contributed by atoms with van der Waals surface area (Å²) in [6.45, 7) is 6.38. The topological polar surface area (TPSA) is 97.3 Å². The van der Waals surface area contributed by atoms with E-state index in [4.69, 9.17) is 4.74 Å². The maximum atomic E-state index is 12.4. The number of hydrogen-bond acceptors (Lipinski definition) is 5. The number of ether oxygens (including phenoxy) is 1. The molecule has 4 rings (SSSR count). The average molecular weight is 444 g/mol. The molecule has 1 spiro atoms. The number of benzene rings is 2. The van der Waals surface area contributed by atoms with Gasteiger partial charge in [-0.25, -0.2) is 4.79 Å². The summed E-state index contributed by atoms with van der Waals surface area (Å²) in [7, 11) is 0. The number of likely N-dealkylation sites (tertiary alicyclic amines) is 1. The van der Waals surface area contributed by atoms with Gasteiger partial charge in [-0.05, 0) is 50.3 Å². The Morgan fingerprint density at radius 2 is 1.58 bits per heavy atom. The van der Waals surface area contributed by atoms with Gasteiger partial charge in [0.1, 0.15) is 5.60 Å². The molecule has 1 aliphatic heterocycles. The lowest BCUT2D eigenvalue weighted by Crippen LogP contribution is -2.64. The number of rotatable bonds is 2. The number of carbonyl (C=O) groups excluding carboxylic acids is 1. The quantitative estimate of drug-likeness (QED) is 0.715. The van der Waals surface area contributed by atoms with Crippen LogP contribution >= 0.6 is 0 Å². The highest BCUT2D eigenvalue weighted by Gasteiger charge is 2.60. The molecule has 1 heterocycles. The minimum absolute atomic E-state index is 0.312. The van der Waals surface area contributed by atoms with Gasteiger partial charge in [-0.1, -0.05) is 54.6 Å². The Bertz CT molecular complexity index is 1090. The van der Waals surface area contributed by atoms with Gasteiger partial charge in [0, 0.05) is 24.4 Å². The second kappa shape index (κ2) is 8.21. The molecule has 1 saturated carbocycles. The van der Waals surface area contributed by atoms with Crippen LogP contribution in [0.25, 0.3) is 11.1 Å². The highest BCUT2D eigenvalue weighted by molar-refractivity contribution is 5.69. The smallest absolute Gasteiger partial charge is 0.410 e. The van der Waals surface area contributed by atoms with E-state index in [9.17, 15) is 20.4 Å². The summed E-state index contributed by atoms with van der Waals surface area (Å²) in [6, 6.07) is 22.2. The third-order valence-electron chi connectivity index (χ3n) is 6.83. The van der Waals surface area contributed by atoms with Crippen LogP contribution in [0.1, 0.15) is 45.1 Å². The first kappa shape index (κ1) is 22.8. The molecule has 0 radical (unpaired) electrons. The summed E-state index contributed by atoms with van der Waals surface area (Å²) in [4.78, 5) is 14.1. The summed E-state index contributed by atoms with van der Waals surface area (Å²) in [6.07, 6.45) is -0.606. The molecule has 2 unspecified atom stereocenters. The molecule has 170 valence electrons. The molecular weight excluding hydrogens is 414 g/mol. The number of nitrogens with zero attached hydrogens (tertiary/aromatic N) is 3. The normalized spacial score (nSPS) is 23.2. The van der Waals surface area contributed by atoms with Crippen molar-refractivity contribution in [3.63, 3.8) is 0 Å². The Morgan fingerprint density at radius 1 is 1.00 bits per heavy atom. The fourth-order valence-corrected chi connectivity index (χ4v) is 5.21. The predicted molar refractivity (Wildman–Crippen MR) is 124 cm³/mol. The molecule has 1 saturated heterocycles. The van der Waals surface area contributed by atoms with Crippen molar-refractivity contribution in [3.8, 4) is 23.3 Å². The van der Waals surface area contributed by atoms with E-state index in [1.165, 1.54) is 0 Å². The Labute approximate surface area is 195 Å². The lowest BCUT2D eigenvalue weighted by atomic mass is 9.53. The Morgan fingerprint density at radius 3 is 2.12 bits per heavy atom. The van der Waals surface area contributed by atoms with E-state index < -0.39 is 23.0 Å². The lowest BCUT2D eigenvalue weighted by Gasteiger charge is -2.57. The fourth-order valence-electron chi connectivity index (χ4n) is 5.21. The van der Waals surface area contributed by atoms with Crippen LogP contribution in [-0.4, -0.2) is 40.9 Å². The molecule has 2 fully saturated rings. The van der Waals surface area contributed by atoms with Crippen molar-refractivity contribution in [2.75, 3.05) is 13.1 Å². The molecular formula is C27H29N3O3. The van der Waals surface area contributed by atoms with Crippen LogP contribution in [0.15, 0.2) is 54.6 Å². The van der Waals surface area contributed by atoms with Crippen molar-refractivity contribution >= 4 is 6.09 Å². The molecule has 1 amide bonds. The van der Waals surface area contributed by atoms with E-state index in [1.807, 2.05) is 75.4 Å². The summed E-state index contributed by atoms with van der Waals surface area (Å²) < 4.78 is 5.47. The van der Waals surface area contributed by atoms with Gasteiger partial charge < -0.3 is 14.7 Å². The summed E-state index contributed by atoms with van der Waals surface area (Å²) in [5.41, 5.74) is 0.549. The van der Waals surface area contributed by atoms with E-state index in [1.54, 1.807) is 4.90 Å². The van der Waals surface area contributed by atoms with Crippen molar-refractivity contribution in [2.24, 2.45) is 10.8 Å². The Kier molecular flexibility index (Phi) is 5.68. The standard InChI is InChI=1S/C27H29N3O3/c1-25(2,3)33-24(32)30-17-26(18-30)13-22(27(15-28,16-29)23(31)14-26)21-11-9-20(10-12-21)19-7-5-4-6-8-19/h4-12,22-23,31H,13-14,17-18H2,1-3H3. The van der Waals surface area contributed by atoms with Gasteiger partial charge in [-0.15, -0.1) is 0 Å². The van der Waals surface area contributed by atoms with E-state index in [2.05, 4.69) is 12.1 Å². The first-order valence-corrected chi connectivity index (χ1v) is 11.3. The Balaban J connectivity index is 1.59. The molecule has 1 aliphatic carbocycles.